The zero-order valence-electron chi connectivity index (χ0n) is 10.8. The van der Waals surface area contributed by atoms with E-state index in [-0.39, 0.29) is 6.61 Å². The van der Waals surface area contributed by atoms with E-state index in [9.17, 15) is 4.79 Å². The summed E-state index contributed by atoms with van der Waals surface area (Å²) < 4.78 is 10.2. The predicted octanol–water partition coefficient (Wildman–Crippen LogP) is 2.68. The maximum Gasteiger partial charge on any atom is 0.338 e. The Morgan fingerprint density at radius 1 is 1.40 bits per heavy atom. The first kappa shape index (κ1) is 14.1. The Morgan fingerprint density at radius 3 is 2.85 bits per heavy atom. The molecule has 1 heterocycles. The highest BCUT2D eigenvalue weighted by molar-refractivity contribution is 6.31. The molecule has 1 aromatic heterocycles. The standard InChI is InChI=1S/C14H13ClN2O3/c1-19-13-3-2-9(6-12(13)16)14(18)20-8-10-4-5-17-7-11(10)15/h2-7H,8,16H2,1H3. The lowest BCUT2D eigenvalue weighted by Gasteiger charge is -2.08. The smallest absolute Gasteiger partial charge is 0.338 e. The molecule has 0 saturated heterocycles. The van der Waals surface area contributed by atoms with E-state index in [1.54, 1.807) is 24.4 Å². The fraction of sp³-hybridized carbons (Fsp3) is 0.143. The Morgan fingerprint density at radius 2 is 2.20 bits per heavy atom. The molecule has 6 heteroatoms. The van der Waals surface area contributed by atoms with Gasteiger partial charge in [-0.15, -0.1) is 0 Å². The summed E-state index contributed by atoms with van der Waals surface area (Å²) in [5, 5.41) is 0.453. The van der Waals surface area contributed by atoms with Crippen LogP contribution in [0.5, 0.6) is 5.75 Å². The molecule has 0 fully saturated rings. The van der Waals surface area contributed by atoms with Gasteiger partial charge in [-0.2, -0.15) is 0 Å². The number of rotatable bonds is 4. The van der Waals surface area contributed by atoms with Crippen LogP contribution < -0.4 is 10.5 Å². The zero-order chi connectivity index (χ0) is 14.5. The molecule has 0 amide bonds. The largest absolute Gasteiger partial charge is 0.495 e. The quantitative estimate of drug-likeness (QED) is 0.693. The van der Waals surface area contributed by atoms with E-state index < -0.39 is 5.97 Å². The van der Waals surface area contributed by atoms with Crippen LogP contribution in [0.15, 0.2) is 36.7 Å². The van der Waals surface area contributed by atoms with Crippen molar-refractivity contribution in [3.63, 3.8) is 0 Å². The van der Waals surface area contributed by atoms with E-state index in [1.807, 2.05) is 0 Å². The fourth-order valence-electron chi connectivity index (χ4n) is 1.61. The van der Waals surface area contributed by atoms with Crippen molar-refractivity contribution >= 4 is 23.3 Å². The Kier molecular flexibility index (Phi) is 4.42. The second kappa shape index (κ2) is 6.25. The van der Waals surface area contributed by atoms with Gasteiger partial charge in [-0.1, -0.05) is 11.6 Å². The number of benzene rings is 1. The van der Waals surface area contributed by atoms with Gasteiger partial charge in [0, 0.05) is 18.0 Å². The molecule has 5 nitrogen and oxygen atoms in total. The van der Waals surface area contributed by atoms with Crippen LogP contribution in [0, 0.1) is 0 Å². The van der Waals surface area contributed by atoms with Crippen LogP contribution in [0.2, 0.25) is 5.02 Å². The number of halogens is 1. The molecule has 0 atom stereocenters. The van der Waals surface area contributed by atoms with Crippen molar-refractivity contribution in [2.75, 3.05) is 12.8 Å². The molecule has 1 aromatic carbocycles. The van der Waals surface area contributed by atoms with Gasteiger partial charge in [0.25, 0.3) is 0 Å². The van der Waals surface area contributed by atoms with Gasteiger partial charge in [0.2, 0.25) is 0 Å². The van der Waals surface area contributed by atoms with Crippen LogP contribution in [-0.2, 0) is 11.3 Å². The summed E-state index contributed by atoms with van der Waals surface area (Å²) in [4.78, 5) is 15.8. The highest BCUT2D eigenvalue weighted by Crippen LogP contribution is 2.22. The first-order valence-electron chi connectivity index (χ1n) is 5.81. The number of nitrogen functional groups attached to an aromatic ring is 1. The Balaban J connectivity index is 2.05. The molecule has 0 aliphatic heterocycles. The maximum atomic E-state index is 11.9. The Hall–Kier alpha value is -2.27. The molecule has 0 unspecified atom stereocenters. The predicted molar refractivity (Wildman–Crippen MR) is 75.8 cm³/mol. The van der Waals surface area contributed by atoms with E-state index in [2.05, 4.69) is 4.98 Å². The van der Waals surface area contributed by atoms with Crippen LogP contribution in [0.3, 0.4) is 0 Å². The number of nitrogens with two attached hydrogens (primary N) is 1. The number of methoxy groups -OCH3 is 1. The summed E-state index contributed by atoms with van der Waals surface area (Å²) in [7, 11) is 1.51. The molecular weight excluding hydrogens is 280 g/mol. The average molecular weight is 293 g/mol. The number of anilines is 1. The third-order valence-electron chi connectivity index (χ3n) is 2.68. The molecule has 20 heavy (non-hydrogen) atoms. The van der Waals surface area contributed by atoms with Crippen LogP contribution in [0.4, 0.5) is 5.69 Å². The third-order valence-corrected chi connectivity index (χ3v) is 3.02. The number of carbonyl (C=O) groups excluding carboxylic acids is 1. The van der Waals surface area contributed by atoms with Crippen LogP contribution in [-0.4, -0.2) is 18.1 Å². The number of esters is 1. The van der Waals surface area contributed by atoms with Gasteiger partial charge in [-0.05, 0) is 24.3 Å². The minimum absolute atomic E-state index is 0.0755. The van der Waals surface area contributed by atoms with E-state index >= 15 is 0 Å². The van der Waals surface area contributed by atoms with Gasteiger partial charge in [0.15, 0.2) is 0 Å². The monoisotopic (exact) mass is 292 g/mol. The molecular formula is C14H13ClN2O3. The van der Waals surface area contributed by atoms with Crippen molar-refractivity contribution in [2.45, 2.75) is 6.61 Å². The van der Waals surface area contributed by atoms with Gasteiger partial charge in [-0.25, -0.2) is 4.79 Å². The number of nitrogens with zero attached hydrogens (tertiary/aromatic N) is 1. The lowest BCUT2D eigenvalue weighted by atomic mass is 10.2. The SMILES string of the molecule is COc1ccc(C(=O)OCc2ccncc2Cl)cc1N. The number of aromatic nitrogens is 1. The van der Waals surface area contributed by atoms with Crippen molar-refractivity contribution in [3.05, 3.63) is 52.8 Å². The topological polar surface area (TPSA) is 74.4 Å². The summed E-state index contributed by atoms with van der Waals surface area (Å²) in [5.41, 5.74) is 7.16. The van der Waals surface area contributed by atoms with Crippen molar-refractivity contribution in [3.8, 4) is 5.75 Å². The number of hydrogen-bond donors (Lipinski definition) is 1. The van der Waals surface area contributed by atoms with Crippen molar-refractivity contribution in [1.82, 2.24) is 4.98 Å². The minimum Gasteiger partial charge on any atom is -0.495 e. The normalized spacial score (nSPS) is 10.1. The molecule has 0 aliphatic rings. The average Bonchev–Trinajstić information content (AvgIpc) is 2.46. The van der Waals surface area contributed by atoms with Crippen molar-refractivity contribution in [1.29, 1.82) is 0 Å². The van der Waals surface area contributed by atoms with E-state index in [0.29, 0.717) is 27.6 Å². The molecule has 2 aromatic rings. The van der Waals surface area contributed by atoms with Crippen molar-refractivity contribution < 1.29 is 14.3 Å². The van der Waals surface area contributed by atoms with Gasteiger partial charge >= 0.3 is 5.97 Å². The second-order valence-corrected chi connectivity index (χ2v) is 4.41. The summed E-state index contributed by atoms with van der Waals surface area (Å²) in [6.45, 7) is 0.0755. The van der Waals surface area contributed by atoms with Crippen LogP contribution in [0.1, 0.15) is 15.9 Å². The van der Waals surface area contributed by atoms with E-state index in [0.717, 1.165) is 0 Å². The summed E-state index contributed by atoms with van der Waals surface area (Å²) in [5.74, 6) is 0.0333. The Bertz CT molecular complexity index is 632. The Labute approximate surface area is 121 Å². The van der Waals surface area contributed by atoms with Crippen LogP contribution in [0.25, 0.3) is 0 Å². The second-order valence-electron chi connectivity index (χ2n) is 4.00. The third kappa shape index (κ3) is 3.19. The highest BCUT2D eigenvalue weighted by Gasteiger charge is 2.11. The molecule has 2 rings (SSSR count). The number of pyridine rings is 1. The molecule has 0 spiro atoms. The lowest BCUT2D eigenvalue weighted by molar-refractivity contribution is 0.0473. The first-order chi connectivity index (χ1) is 9.61. The molecule has 0 radical (unpaired) electrons. The number of carbonyl (C=O) groups is 1. The first-order valence-corrected chi connectivity index (χ1v) is 6.18. The summed E-state index contributed by atoms with van der Waals surface area (Å²) >= 11 is 5.93. The zero-order valence-corrected chi connectivity index (χ0v) is 11.6. The molecule has 0 bridgehead atoms. The number of hydrogen-bond acceptors (Lipinski definition) is 5. The fourth-order valence-corrected chi connectivity index (χ4v) is 1.78. The molecule has 2 N–H and O–H groups in total. The van der Waals surface area contributed by atoms with Gasteiger partial charge in [0.05, 0.1) is 23.4 Å². The maximum absolute atomic E-state index is 11.9. The minimum atomic E-state index is -0.479. The highest BCUT2D eigenvalue weighted by atomic mass is 35.5. The van der Waals surface area contributed by atoms with E-state index in [4.69, 9.17) is 26.8 Å². The molecule has 0 saturated carbocycles. The summed E-state index contributed by atoms with van der Waals surface area (Å²) in [6.07, 6.45) is 3.08. The lowest BCUT2D eigenvalue weighted by Crippen LogP contribution is -2.06. The molecule has 0 aliphatic carbocycles. The van der Waals surface area contributed by atoms with E-state index in [1.165, 1.54) is 19.4 Å². The van der Waals surface area contributed by atoms with Crippen LogP contribution >= 0.6 is 11.6 Å². The van der Waals surface area contributed by atoms with Gasteiger partial charge in [-0.3, -0.25) is 4.98 Å². The van der Waals surface area contributed by atoms with Gasteiger partial charge in [0.1, 0.15) is 12.4 Å². The number of ether oxygens (including phenoxy) is 2. The van der Waals surface area contributed by atoms with Gasteiger partial charge < -0.3 is 15.2 Å². The molecule has 104 valence electrons. The van der Waals surface area contributed by atoms with Crippen molar-refractivity contribution in [2.24, 2.45) is 0 Å². The summed E-state index contributed by atoms with van der Waals surface area (Å²) in [6, 6.07) is 6.41.